The SMILES string of the molecule is Cc1cc(N2CCCCS2(=O)=O)cc(C)c1S(=O)(=O)N1C[C@H](C)C[C@H](C)C1. The van der Waals surface area contributed by atoms with Crippen LogP contribution in [-0.2, 0) is 20.0 Å². The molecule has 0 radical (unpaired) electrons. The zero-order valence-corrected chi connectivity index (χ0v) is 18.2. The molecule has 1 aromatic carbocycles. The molecule has 0 bridgehead atoms. The predicted molar refractivity (Wildman–Crippen MR) is 108 cm³/mol. The summed E-state index contributed by atoms with van der Waals surface area (Å²) in [5.74, 6) is 0.818. The van der Waals surface area contributed by atoms with E-state index < -0.39 is 20.0 Å². The number of benzene rings is 1. The summed E-state index contributed by atoms with van der Waals surface area (Å²) in [6, 6.07) is 3.42. The second kappa shape index (κ2) is 7.37. The Hall–Kier alpha value is -1.12. The minimum Gasteiger partial charge on any atom is -0.270 e. The predicted octanol–water partition coefficient (Wildman–Crippen LogP) is 2.90. The number of piperidine rings is 1. The Bertz CT molecular complexity index is 892. The van der Waals surface area contributed by atoms with Crippen LogP contribution in [0, 0.1) is 25.7 Å². The third kappa shape index (κ3) is 4.03. The van der Waals surface area contributed by atoms with Gasteiger partial charge in [0.15, 0.2) is 0 Å². The number of rotatable bonds is 3. The molecule has 0 unspecified atom stereocenters. The van der Waals surface area contributed by atoms with Crippen LogP contribution in [0.15, 0.2) is 17.0 Å². The summed E-state index contributed by atoms with van der Waals surface area (Å²) >= 11 is 0. The van der Waals surface area contributed by atoms with Crippen LogP contribution in [-0.4, -0.2) is 46.5 Å². The maximum absolute atomic E-state index is 13.3. The van der Waals surface area contributed by atoms with Crippen LogP contribution < -0.4 is 4.31 Å². The van der Waals surface area contributed by atoms with E-state index in [4.69, 9.17) is 0 Å². The van der Waals surface area contributed by atoms with E-state index >= 15 is 0 Å². The molecule has 2 aliphatic rings. The normalized spacial score (nSPS) is 26.9. The lowest BCUT2D eigenvalue weighted by atomic mass is 9.94. The Morgan fingerprint density at radius 1 is 1.00 bits per heavy atom. The molecule has 8 heteroatoms. The van der Waals surface area contributed by atoms with Crippen LogP contribution in [0.25, 0.3) is 0 Å². The Balaban J connectivity index is 2.00. The van der Waals surface area contributed by atoms with Gasteiger partial charge in [-0.15, -0.1) is 0 Å². The van der Waals surface area contributed by atoms with Crippen molar-refractivity contribution in [2.75, 3.05) is 29.7 Å². The molecule has 1 aromatic rings. The number of nitrogens with zero attached hydrogens (tertiary/aromatic N) is 2. The van der Waals surface area contributed by atoms with E-state index in [0.717, 1.165) is 12.8 Å². The fraction of sp³-hybridized carbons (Fsp3) is 0.684. The largest absolute Gasteiger partial charge is 0.270 e. The summed E-state index contributed by atoms with van der Waals surface area (Å²) < 4.78 is 54.5. The molecule has 3 rings (SSSR count). The van der Waals surface area contributed by atoms with Crippen molar-refractivity contribution >= 4 is 25.7 Å². The van der Waals surface area contributed by atoms with Crippen molar-refractivity contribution in [1.82, 2.24) is 4.31 Å². The molecule has 152 valence electrons. The summed E-state index contributed by atoms with van der Waals surface area (Å²) in [5.41, 5.74) is 1.79. The van der Waals surface area contributed by atoms with Gasteiger partial charge in [0.05, 0.1) is 16.3 Å². The molecular weight excluding hydrogens is 384 g/mol. The number of sulfonamides is 2. The molecular formula is C19H30N2O4S2. The summed E-state index contributed by atoms with van der Waals surface area (Å²) in [5, 5.41) is 0. The molecule has 0 amide bonds. The van der Waals surface area contributed by atoms with Gasteiger partial charge in [-0.3, -0.25) is 4.31 Å². The molecule has 0 N–H and O–H groups in total. The molecule has 2 heterocycles. The molecule has 0 spiro atoms. The molecule has 2 aliphatic heterocycles. The Labute approximate surface area is 163 Å². The second-order valence-corrected chi connectivity index (χ2v) is 12.2. The first-order chi connectivity index (χ1) is 12.5. The van der Waals surface area contributed by atoms with Gasteiger partial charge >= 0.3 is 0 Å². The quantitative estimate of drug-likeness (QED) is 0.762. The number of anilines is 1. The van der Waals surface area contributed by atoms with Crippen LogP contribution in [0.5, 0.6) is 0 Å². The average Bonchev–Trinajstić information content (AvgIpc) is 2.52. The van der Waals surface area contributed by atoms with Gasteiger partial charge in [-0.05, 0) is 68.2 Å². The molecule has 2 saturated heterocycles. The lowest BCUT2D eigenvalue weighted by Crippen LogP contribution is -2.43. The van der Waals surface area contributed by atoms with Crippen molar-refractivity contribution < 1.29 is 16.8 Å². The van der Waals surface area contributed by atoms with E-state index in [1.165, 1.54) is 4.31 Å². The van der Waals surface area contributed by atoms with Crippen molar-refractivity contribution in [3.05, 3.63) is 23.3 Å². The van der Waals surface area contributed by atoms with E-state index in [2.05, 4.69) is 13.8 Å². The van der Waals surface area contributed by atoms with Crippen molar-refractivity contribution in [2.45, 2.75) is 51.9 Å². The smallest absolute Gasteiger partial charge is 0.243 e. The highest BCUT2D eigenvalue weighted by molar-refractivity contribution is 7.92. The summed E-state index contributed by atoms with van der Waals surface area (Å²) in [4.78, 5) is 0.321. The van der Waals surface area contributed by atoms with E-state index in [9.17, 15) is 16.8 Å². The van der Waals surface area contributed by atoms with Gasteiger partial charge in [-0.2, -0.15) is 4.31 Å². The van der Waals surface area contributed by atoms with E-state index in [1.54, 1.807) is 30.3 Å². The first-order valence-electron chi connectivity index (χ1n) is 9.64. The van der Waals surface area contributed by atoms with Crippen molar-refractivity contribution in [3.8, 4) is 0 Å². The summed E-state index contributed by atoms with van der Waals surface area (Å²) in [6.45, 7) is 9.22. The summed E-state index contributed by atoms with van der Waals surface area (Å²) in [7, 11) is -6.92. The maximum atomic E-state index is 13.3. The minimum absolute atomic E-state index is 0.148. The Morgan fingerprint density at radius 2 is 1.56 bits per heavy atom. The third-order valence-electron chi connectivity index (χ3n) is 5.52. The van der Waals surface area contributed by atoms with Gasteiger partial charge in [-0.25, -0.2) is 16.8 Å². The highest BCUT2D eigenvalue weighted by Crippen LogP contribution is 2.33. The van der Waals surface area contributed by atoms with E-state index in [0.29, 0.717) is 59.6 Å². The molecule has 6 nitrogen and oxygen atoms in total. The zero-order chi connectivity index (χ0) is 20.0. The fourth-order valence-electron chi connectivity index (χ4n) is 4.49. The van der Waals surface area contributed by atoms with Gasteiger partial charge in [0.25, 0.3) is 0 Å². The summed E-state index contributed by atoms with van der Waals surface area (Å²) in [6.07, 6.45) is 2.53. The van der Waals surface area contributed by atoms with E-state index in [1.807, 2.05) is 0 Å². The van der Waals surface area contributed by atoms with Gasteiger partial charge in [-0.1, -0.05) is 13.8 Å². The lowest BCUT2D eigenvalue weighted by molar-refractivity contribution is 0.222. The first kappa shape index (κ1) is 20.6. The van der Waals surface area contributed by atoms with Gasteiger partial charge < -0.3 is 0 Å². The van der Waals surface area contributed by atoms with Crippen molar-refractivity contribution in [1.29, 1.82) is 0 Å². The minimum atomic E-state index is -3.60. The highest BCUT2D eigenvalue weighted by Gasteiger charge is 2.34. The highest BCUT2D eigenvalue weighted by atomic mass is 32.2. The monoisotopic (exact) mass is 414 g/mol. The van der Waals surface area contributed by atoms with Crippen LogP contribution >= 0.6 is 0 Å². The number of aryl methyl sites for hydroxylation is 2. The van der Waals surface area contributed by atoms with Gasteiger partial charge in [0, 0.05) is 19.6 Å². The van der Waals surface area contributed by atoms with Crippen molar-refractivity contribution in [3.63, 3.8) is 0 Å². The van der Waals surface area contributed by atoms with Gasteiger partial charge in [0.1, 0.15) is 0 Å². The van der Waals surface area contributed by atoms with E-state index in [-0.39, 0.29) is 5.75 Å². The second-order valence-electron chi connectivity index (χ2n) is 8.27. The first-order valence-corrected chi connectivity index (χ1v) is 12.7. The van der Waals surface area contributed by atoms with Crippen molar-refractivity contribution in [2.24, 2.45) is 11.8 Å². The standard InChI is InChI=1S/C19H30N2O4S2/c1-14-9-15(2)13-20(12-14)27(24,25)19-16(3)10-18(11-17(19)4)21-7-5-6-8-26(21,22)23/h10-11,14-15H,5-9,12-13H2,1-4H3/t14-,15+. The fourth-order valence-corrected chi connectivity index (χ4v) is 8.20. The van der Waals surface area contributed by atoms with Crippen LogP contribution in [0.1, 0.15) is 44.2 Å². The molecule has 2 fully saturated rings. The van der Waals surface area contributed by atoms with Crippen LogP contribution in [0.3, 0.4) is 0 Å². The molecule has 0 aromatic heterocycles. The molecule has 2 atom stereocenters. The lowest BCUT2D eigenvalue weighted by Gasteiger charge is -2.35. The molecule has 0 aliphatic carbocycles. The topological polar surface area (TPSA) is 74.8 Å². The van der Waals surface area contributed by atoms with Crippen LogP contribution in [0.4, 0.5) is 5.69 Å². The van der Waals surface area contributed by atoms with Gasteiger partial charge in [0.2, 0.25) is 20.0 Å². The van der Waals surface area contributed by atoms with Crippen LogP contribution in [0.2, 0.25) is 0 Å². The Kier molecular flexibility index (Phi) is 5.62. The number of hydrogen-bond donors (Lipinski definition) is 0. The average molecular weight is 415 g/mol. The molecule has 0 saturated carbocycles. The number of hydrogen-bond acceptors (Lipinski definition) is 4. The Morgan fingerprint density at radius 3 is 2.07 bits per heavy atom. The maximum Gasteiger partial charge on any atom is 0.243 e. The molecule has 27 heavy (non-hydrogen) atoms. The zero-order valence-electron chi connectivity index (χ0n) is 16.6. The third-order valence-corrected chi connectivity index (χ3v) is 9.52.